The summed E-state index contributed by atoms with van der Waals surface area (Å²) in [6.45, 7) is 1.10. The predicted octanol–water partition coefficient (Wildman–Crippen LogP) is 3.12. The smallest absolute Gasteiger partial charge is 0.384 e. The van der Waals surface area contributed by atoms with Crippen LogP contribution in [0.3, 0.4) is 0 Å². The Labute approximate surface area is 170 Å². The van der Waals surface area contributed by atoms with Crippen LogP contribution >= 0.6 is 0 Å². The minimum Gasteiger partial charge on any atom is -0.384 e. The number of fused-ring (bicyclic) bond motifs is 1. The first kappa shape index (κ1) is 21.2. The van der Waals surface area contributed by atoms with E-state index in [0.29, 0.717) is 33.7 Å². The number of nitrogens with zero attached hydrogens (tertiary/aromatic N) is 2. The number of halogens is 3. The van der Waals surface area contributed by atoms with Crippen molar-refractivity contribution in [1.82, 2.24) is 9.38 Å². The lowest BCUT2D eigenvalue weighted by Gasteiger charge is -2.12. The van der Waals surface area contributed by atoms with E-state index >= 15 is 0 Å². The van der Waals surface area contributed by atoms with E-state index in [1.807, 2.05) is 0 Å². The molecule has 2 aromatic heterocycles. The van der Waals surface area contributed by atoms with E-state index in [-0.39, 0.29) is 13.2 Å². The van der Waals surface area contributed by atoms with Crippen LogP contribution in [-0.4, -0.2) is 39.7 Å². The molecule has 0 saturated carbocycles. The van der Waals surface area contributed by atoms with Gasteiger partial charge in [0.15, 0.2) is 5.65 Å². The van der Waals surface area contributed by atoms with E-state index in [1.165, 1.54) is 0 Å². The van der Waals surface area contributed by atoms with Gasteiger partial charge in [-0.05, 0) is 30.7 Å². The van der Waals surface area contributed by atoms with Crippen LogP contribution in [0.25, 0.3) is 16.9 Å². The number of aryl methyl sites for hydroxylation is 1. The molecule has 0 bridgehead atoms. The number of nitrogens with one attached hydrogen (secondary N) is 1. The Morgan fingerprint density at radius 2 is 2.10 bits per heavy atom. The molecule has 0 aliphatic carbocycles. The van der Waals surface area contributed by atoms with E-state index in [9.17, 15) is 18.0 Å². The van der Waals surface area contributed by atoms with Gasteiger partial charge < -0.3 is 16.2 Å². The van der Waals surface area contributed by atoms with Crippen LogP contribution < -0.4 is 11.1 Å². The van der Waals surface area contributed by atoms with Crippen LogP contribution in [0.15, 0.2) is 36.7 Å². The van der Waals surface area contributed by atoms with E-state index in [4.69, 9.17) is 10.8 Å². The molecule has 4 N–H and O–H groups in total. The van der Waals surface area contributed by atoms with E-state index in [1.54, 1.807) is 48.0 Å². The third kappa shape index (κ3) is 4.72. The summed E-state index contributed by atoms with van der Waals surface area (Å²) in [5, 5.41) is 11.7. The zero-order chi connectivity index (χ0) is 21.9. The number of primary amides is 1. The SMILES string of the molecule is Cc1cc(-c2cnc3c(NCCC(F)(F)F)cc(C#CCO)cn23)ccc1C(N)=O. The van der Waals surface area contributed by atoms with Gasteiger partial charge in [0.2, 0.25) is 5.91 Å². The predicted molar refractivity (Wildman–Crippen MR) is 107 cm³/mol. The highest BCUT2D eigenvalue weighted by Crippen LogP contribution is 2.28. The number of hydrogen-bond donors (Lipinski definition) is 3. The molecule has 2 heterocycles. The molecule has 1 aromatic carbocycles. The monoisotopic (exact) mass is 416 g/mol. The van der Waals surface area contributed by atoms with Gasteiger partial charge in [0.25, 0.3) is 0 Å². The Morgan fingerprint density at radius 3 is 2.73 bits per heavy atom. The van der Waals surface area contributed by atoms with Crippen LogP contribution in [0, 0.1) is 18.8 Å². The van der Waals surface area contributed by atoms with Crippen molar-refractivity contribution in [2.45, 2.75) is 19.5 Å². The summed E-state index contributed by atoms with van der Waals surface area (Å²) in [6, 6.07) is 6.71. The summed E-state index contributed by atoms with van der Waals surface area (Å²) in [7, 11) is 0. The van der Waals surface area contributed by atoms with Crippen molar-refractivity contribution < 1.29 is 23.1 Å². The third-order valence-electron chi connectivity index (χ3n) is 4.43. The minimum absolute atomic E-state index is 0.315. The highest BCUT2D eigenvalue weighted by Gasteiger charge is 2.26. The zero-order valence-corrected chi connectivity index (χ0v) is 16.0. The number of hydrogen-bond acceptors (Lipinski definition) is 4. The summed E-state index contributed by atoms with van der Waals surface area (Å²) in [5.41, 5.74) is 9.17. The maximum atomic E-state index is 12.5. The van der Waals surface area contributed by atoms with Gasteiger partial charge >= 0.3 is 6.18 Å². The molecule has 0 fully saturated rings. The average molecular weight is 416 g/mol. The van der Waals surface area contributed by atoms with Crippen molar-refractivity contribution in [1.29, 1.82) is 0 Å². The Morgan fingerprint density at radius 1 is 1.33 bits per heavy atom. The van der Waals surface area contributed by atoms with Gasteiger partial charge in [-0.3, -0.25) is 9.20 Å². The van der Waals surface area contributed by atoms with Gasteiger partial charge in [0.05, 0.1) is 24.0 Å². The number of imidazole rings is 1. The molecule has 0 aliphatic heterocycles. The van der Waals surface area contributed by atoms with Crippen molar-refractivity contribution in [3.05, 3.63) is 53.3 Å². The maximum absolute atomic E-state index is 12.5. The normalized spacial score (nSPS) is 11.2. The van der Waals surface area contributed by atoms with Crippen molar-refractivity contribution >= 4 is 17.2 Å². The fourth-order valence-corrected chi connectivity index (χ4v) is 3.08. The number of nitrogens with two attached hydrogens (primary N) is 1. The number of pyridine rings is 1. The number of anilines is 1. The molecule has 1 amide bonds. The van der Waals surface area contributed by atoms with Gasteiger partial charge in [0.1, 0.15) is 6.61 Å². The number of alkyl halides is 3. The molecule has 0 radical (unpaired) electrons. The van der Waals surface area contributed by atoms with Crippen molar-refractivity contribution in [3.63, 3.8) is 0 Å². The van der Waals surface area contributed by atoms with E-state index in [2.05, 4.69) is 22.1 Å². The number of aliphatic hydroxyl groups is 1. The van der Waals surface area contributed by atoms with Gasteiger partial charge in [-0.15, -0.1) is 0 Å². The molecule has 156 valence electrons. The van der Waals surface area contributed by atoms with Gasteiger partial charge in [-0.1, -0.05) is 17.9 Å². The Kier molecular flexibility index (Phi) is 5.99. The number of amides is 1. The van der Waals surface area contributed by atoms with Crippen molar-refractivity contribution in [2.75, 3.05) is 18.5 Å². The molecule has 0 spiro atoms. The Hall–Kier alpha value is -3.51. The largest absolute Gasteiger partial charge is 0.390 e. The van der Waals surface area contributed by atoms with Crippen LogP contribution in [0.5, 0.6) is 0 Å². The number of benzene rings is 1. The molecular weight excluding hydrogens is 397 g/mol. The lowest BCUT2D eigenvalue weighted by molar-refractivity contribution is -0.131. The first-order valence-electron chi connectivity index (χ1n) is 9.02. The van der Waals surface area contributed by atoms with Crippen LogP contribution in [0.4, 0.5) is 18.9 Å². The van der Waals surface area contributed by atoms with E-state index < -0.39 is 18.5 Å². The van der Waals surface area contributed by atoms with Gasteiger partial charge in [-0.25, -0.2) is 4.98 Å². The average Bonchev–Trinajstić information content (AvgIpc) is 3.09. The standard InChI is InChI=1S/C21H19F3N4O2/c1-13-9-15(4-5-16(13)19(25)30)18-11-27-20-17(26-7-6-21(22,23)24)10-14(3-2-8-29)12-28(18)20/h4-5,9-12,26,29H,6-8H2,1H3,(H2,25,30). The third-order valence-corrected chi connectivity index (χ3v) is 4.43. The second-order valence-electron chi connectivity index (χ2n) is 6.63. The minimum atomic E-state index is -4.28. The number of aliphatic hydroxyl groups excluding tert-OH is 1. The van der Waals surface area contributed by atoms with E-state index in [0.717, 1.165) is 5.56 Å². The first-order chi connectivity index (χ1) is 14.2. The summed E-state index contributed by atoms with van der Waals surface area (Å²) < 4.78 is 39.3. The first-order valence-corrected chi connectivity index (χ1v) is 9.02. The van der Waals surface area contributed by atoms with Crippen LogP contribution in [0.1, 0.15) is 27.9 Å². The maximum Gasteiger partial charge on any atom is 0.390 e. The summed E-state index contributed by atoms with van der Waals surface area (Å²) in [4.78, 5) is 15.8. The highest BCUT2D eigenvalue weighted by molar-refractivity contribution is 5.95. The lowest BCUT2D eigenvalue weighted by atomic mass is 10.0. The van der Waals surface area contributed by atoms with Crippen LogP contribution in [0.2, 0.25) is 0 Å². The van der Waals surface area contributed by atoms with Gasteiger partial charge in [-0.2, -0.15) is 13.2 Å². The lowest BCUT2D eigenvalue weighted by Crippen LogP contribution is -2.15. The fraction of sp³-hybridized carbons (Fsp3) is 0.238. The molecule has 9 heteroatoms. The molecule has 0 atom stereocenters. The highest BCUT2D eigenvalue weighted by atomic mass is 19.4. The van der Waals surface area contributed by atoms with Crippen molar-refractivity contribution in [3.8, 4) is 23.1 Å². The molecule has 3 aromatic rings. The summed E-state index contributed by atoms with van der Waals surface area (Å²) in [6.07, 6.45) is -2.00. The number of aromatic nitrogens is 2. The molecule has 0 unspecified atom stereocenters. The topological polar surface area (TPSA) is 92.7 Å². The van der Waals surface area contributed by atoms with Crippen molar-refractivity contribution in [2.24, 2.45) is 5.73 Å². The number of carbonyl (C=O) groups is 1. The molecular formula is C21H19F3N4O2. The second kappa shape index (κ2) is 8.47. The fourth-order valence-electron chi connectivity index (χ4n) is 3.08. The summed E-state index contributed by atoms with van der Waals surface area (Å²) in [5.74, 6) is 4.76. The molecule has 30 heavy (non-hydrogen) atoms. The van der Waals surface area contributed by atoms with Gasteiger partial charge in [0, 0.05) is 29.4 Å². The second-order valence-corrected chi connectivity index (χ2v) is 6.63. The molecule has 3 rings (SSSR count). The number of carbonyl (C=O) groups excluding carboxylic acids is 1. The summed E-state index contributed by atoms with van der Waals surface area (Å²) >= 11 is 0. The molecule has 0 saturated heterocycles. The zero-order valence-electron chi connectivity index (χ0n) is 16.0. The molecule has 6 nitrogen and oxygen atoms in total. The number of rotatable bonds is 5. The van der Waals surface area contributed by atoms with Crippen LogP contribution in [-0.2, 0) is 0 Å². The quantitative estimate of drug-likeness (QED) is 0.558. The Bertz CT molecular complexity index is 1160. The Balaban J connectivity index is 2.08. The molecule has 0 aliphatic rings.